The van der Waals surface area contributed by atoms with Gasteiger partial charge < -0.3 is 5.72 Å². The van der Waals surface area contributed by atoms with Gasteiger partial charge in [-0.2, -0.15) is 0 Å². The zero-order valence-electron chi connectivity index (χ0n) is 9.52. The van der Waals surface area contributed by atoms with Gasteiger partial charge in [0.05, 0.1) is 5.48 Å². The lowest BCUT2D eigenvalue weighted by Crippen LogP contribution is -1.79. The number of anilines is 1. The molecule has 0 heterocycles. The number of benzene rings is 1. The molecular weight excluding hydrogens is 86.1 g/mol. The Labute approximate surface area is 51.3 Å². The standard InChI is InChI=1S/C6H7N/c7-6-4-2-1-3-5-6/h1-5H,7H2/i1D,2D,3D,4D/hD2. The molecule has 0 saturated heterocycles. The van der Waals surface area contributed by atoms with E-state index >= 15 is 0 Å². The Hall–Kier alpha value is -0.980. The van der Waals surface area contributed by atoms with Crippen LogP contribution in [0.25, 0.3) is 0 Å². The van der Waals surface area contributed by atoms with Gasteiger partial charge >= 0.3 is 0 Å². The Morgan fingerprint density at radius 1 is 1.57 bits per heavy atom. The van der Waals surface area contributed by atoms with Gasteiger partial charge in [-0.3, -0.25) is 0 Å². The van der Waals surface area contributed by atoms with Gasteiger partial charge in [0.2, 0.25) is 0 Å². The van der Waals surface area contributed by atoms with Gasteiger partial charge in [-0.1, -0.05) is 18.1 Å². The van der Waals surface area contributed by atoms with E-state index in [2.05, 4.69) is 0 Å². The third-order valence-corrected chi connectivity index (χ3v) is 0.534. The third kappa shape index (κ3) is 0.929. The molecule has 0 aliphatic heterocycles. The molecule has 1 aromatic carbocycles. The van der Waals surface area contributed by atoms with E-state index in [1.165, 1.54) is 0 Å². The number of nitrogens with two attached hydrogens (primary N) is 1. The van der Waals surface area contributed by atoms with Crippen molar-refractivity contribution in [1.82, 2.24) is 0 Å². The topological polar surface area (TPSA) is 26.0 Å². The van der Waals surface area contributed by atoms with Crippen molar-refractivity contribution in [3.05, 3.63) is 30.2 Å². The Morgan fingerprint density at radius 3 is 3.43 bits per heavy atom. The normalized spacial score (nSPS) is 20.0. The second kappa shape index (κ2) is 1.65. The summed E-state index contributed by atoms with van der Waals surface area (Å²) < 4.78 is 42.7. The van der Waals surface area contributed by atoms with Crippen LogP contribution in [-0.2, 0) is 0 Å². The smallest absolute Gasteiger partial charge is 0.156 e. The van der Waals surface area contributed by atoms with Gasteiger partial charge in [0.15, 0.2) is 2.82 Å². The second-order valence-electron chi connectivity index (χ2n) is 1.05. The van der Waals surface area contributed by atoms with Crippen LogP contribution in [0.4, 0.5) is 5.69 Å². The Morgan fingerprint density at radius 2 is 2.57 bits per heavy atom. The number of hydrogen-bond acceptors (Lipinski definition) is 1. The maximum atomic E-state index is 7.29. The number of hydrogen-bond donors (Lipinski definition) is 1. The molecule has 0 amide bonds. The van der Waals surface area contributed by atoms with Crippen molar-refractivity contribution in [2.45, 2.75) is 0 Å². The highest BCUT2D eigenvalue weighted by atomic mass is 14.5. The van der Waals surface area contributed by atoms with Crippen molar-refractivity contribution < 1.29 is 8.31 Å². The largest absolute Gasteiger partial charge is 0.399 e. The Balaban J connectivity index is 3.41. The Bertz CT molecular complexity index is 336. The quantitative estimate of drug-likeness (QED) is 0.527. The summed E-state index contributed by atoms with van der Waals surface area (Å²) in [5.74, 6) is 0. The van der Waals surface area contributed by atoms with Crippen molar-refractivity contribution in [3.63, 3.8) is 0 Å². The van der Waals surface area contributed by atoms with Crippen LogP contribution >= 0.6 is 0 Å². The summed E-state index contributed by atoms with van der Waals surface area (Å²) in [6.07, 6.45) is 0. The highest BCUT2D eigenvalue weighted by Crippen LogP contribution is 1.95. The monoisotopic (exact) mass is 99.1 g/mol. The molecule has 1 rings (SSSR count). The lowest BCUT2D eigenvalue weighted by molar-refractivity contribution is 1.69. The van der Waals surface area contributed by atoms with Crippen LogP contribution in [0.2, 0.25) is 2.82 Å². The minimum absolute atomic E-state index is 0.161. The van der Waals surface area contributed by atoms with Crippen LogP contribution in [0.1, 0.15) is 5.48 Å². The van der Waals surface area contributed by atoms with Gasteiger partial charge in [0, 0.05) is 5.69 Å². The number of para-hydroxylation sites is 1. The van der Waals surface area contributed by atoms with Gasteiger partial charge in [0.25, 0.3) is 0 Å². The summed E-state index contributed by atoms with van der Waals surface area (Å²) >= 11 is 0. The maximum Gasteiger partial charge on any atom is 0.156 e. The van der Waals surface area contributed by atoms with E-state index in [1.807, 2.05) is 0 Å². The molecule has 0 aliphatic carbocycles. The highest BCUT2D eigenvalue weighted by Gasteiger charge is 1.72. The first-order chi connectivity index (χ1) is 5.95. The van der Waals surface area contributed by atoms with E-state index in [4.69, 9.17) is 8.31 Å². The maximum absolute atomic E-state index is 7.29. The molecule has 0 fully saturated rings. The van der Waals surface area contributed by atoms with E-state index in [9.17, 15) is 0 Å². The molecule has 1 heteroatoms. The predicted octanol–water partition coefficient (Wildman–Crippen LogP) is 1.27. The summed E-state index contributed by atoms with van der Waals surface area (Å²) in [6, 6.07) is -0.336. The molecule has 0 saturated carbocycles. The first-order valence-electron chi connectivity index (χ1n) is 4.70. The fraction of sp³-hybridized carbons (Fsp3) is 0. The number of nitrogen functional groups attached to an aromatic ring is 1. The lowest BCUT2D eigenvalue weighted by Gasteiger charge is -1.83. The van der Waals surface area contributed by atoms with Crippen molar-refractivity contribution >= 4 is 5.69 Å². The van der Waals surface area contributed by atoms with Gasteiger partial charge in [0.1, 0.15) is 0 Å². The van der Waals surface area contributed by atoms with Crippen molar-refractivity contribution in [2.75, 3.05) is 5.72 Å². The molecule has 0 bridgehead atoms. The third-order valence-electron chi connectivity index (χ3n) is 0.534. The van der Waals surface area contributed by atoms with E-state index in [1.54, 1.807) is 0 Å². The van der Waals surface area contributed by atoms with Gasteiger partial charge in [-0.15, -0.1) is 0 Å². The SMILES string of the molecule is [2H]c1cc(N([2H])[2H])c([2H])c([2H])c1[2H]. The molecule has 0 radical (unpaired) electrons. The minimum atomic E-state index is -0.424. The molecule has 0 spiro atoms. The molecule has 1 nitrogen and oxygen atoms in total. The van der Waals surface area contributed by atoms with E-state index in [0.717, 1.165) is 6.07 Å². The first-order valence-corrected chi connectivity index (χ1v) is 1.80. The fourth-order valence-corrected chi connectivity index (χ4v) is 0.272. The Kier molecular flexibility index (Phi) is 0.247. The van der Waals surface area contributed by atoms with Crippen LogP contribution < -0.4 is 5.72 Å². The lowest BCUT2D eigenvalue weighted by atomic mass is 10.3. The molecular formula is C6H7N. The highest BCUT2D eigenvalue weighted by molar-refractivity contribution is 5.35. The van der Waals surface area contributed by atoms with E-state index < -0.39 is 6.04 Å². The summed E-state index contributed by atoms with van der Waals surface area (Å²) in [5.41, 5.74) is 0.00343. The zero-order chi connectivity index (χ0) is 10.2. The summed E-state index contributed by atoms with van der Waals surface area (Å²) in [5, 5.41) is 0. The molecule has 0 unspecified atom stereocenters. The second-order valence-corrected chi connectivity index (χ2v) is 1.05. The molecule has 0 atom stereocenters. The van der Waals surface area contributed by atoms with Crippen molar-refractivity contribution in [1.29, 1.82) is 0 Å². The minimum Gasteiger partial charge on any atom is -0.399 e. The van der Waals surface area contributed by atoms with Crippen LogP contribution in [0.3, 0.4) is 0 Å². The van der Waals surface area contributed by atoms with Crippen molar-refractivity contribution in [2.24, 2.45) is 0 Å². The molecule has 2 N–H and O–H groups in total. The van der Waals surface area contributed by atoms with E-state index in [0.29, 0.717) is 0 Å². The molecule has 1 aromatic rings. The molecule has 7 heavy (non-hydrogen) atoms. The average Bonchev–Trinajstić information content (AvgIpc) is 2.07. The summed E-state index contributed by atoms with van der Waals surface area (Å²) in [6.45, 7) is 0. The van der Waals surface area contributed by atoms with Crippen LogP contribution in [0.15, 0.2) is 30.2 Å². The summed E-state index contributed by atoms with van der Waals surface area (Å²) in [4.78, 5) is 0. The fourth-order valence-electron chi connectivity index (χ4n) is 0.272. The van der Waals surface area contributed by atoms with Crippen LogP contribution in [0, 0.1) is 0 Å². The average molecular weight is 99.2 g/mol. The van der Waals surface area contributed by atoms with Crippen LogP contribution in [-0.4, -0.2) is 0 Å². The molecule has 0 aromatic heterocycles. The summed E-state index contributed by atoms with van der Waals surface area (Å²) in [7, 11) is 0. The number of rotatable bonds is 1. The zero-order valence-corrected chi connectivity index (χ0v) is 3.52. The molecule has 36 valence electrons. The van der Waals surface area contributed by atoms with Gasteiger partial charge in [-0.25, -0.2) is 0 Å². The predicted molar refractivity (Wildman–Crippen MR) is 30.9 cm³/mol. The van der Waals surface area contributed by atoms with E-state index in [-0.39, 0.29) is 29.5 Å². The van der Waals surface area contributed by atoms with Crippen LogP contribution in [0.5, 0.6) is 0 Å². The first kappa shape index (κ1) is 1.05. The van der Waals surface area contributed by atoms with Crippen molar-refractivity contribution in [3.8, 4) is 0 Å². The van der Waals surface area contributed by atoms with Gasteiger partial charge in [-0.05, 0) is 12.1 Å². The molecule has 0 aliphatic rings.